The van der Waals surface area contributed by atoms with E-state index in [0.29, 0.717) is 5.92 Å². The number of nitrogens with two attached hydrogens (primary N) is 1. The molecule has 0 aromatic rings. The summed E-state index contributed by atoms with van der Waals surface area (Å²) in [5.74, 6) is 0.712. The van der Waals surface area contributed by atoms with Crippen LogP contribution in [0.1, 0.15) is 40.0 Å². The van der Waals surface area contributed by atoms with E-state index in [1.165, 1.54) is 0 Å². The molecule has 3 N–H and O–H groups in total. The fraction of sp³-hybridized carbons (Fsp3) is 0.917. The molecule has 0 atom stereocenters. The molecule has 0 saturated carbocycles. The van der Waals surface area contributed by atoms with Crippen LogP contribution in [0.4, 0.5) is 4.79 Å². The smallest absolute Gasteiger partial charge is 0.317 e. The van der Waals surface area contributed by atoms with E-state index in [2.05, 4.69) is 5.32 Å². The molecule has 1 aliphatic heterocycles. The highest BCUT2D eigenvalue weighted by Crippen LogP contribution is 2.20. The van der Waals surface area contributed by atoms with Crippen LogP contribution in [0.3, 0.4) is 0 Å². The zero-order valence-corrected chi connectivity index (χ0v) is 10.8. The first-order valence-electron chi connectivity index (χ1n) is 6.19. The molecule has 0 spiro atoms. The van der Waals surface area contributed by atoms with E-state index in [9.17, 15) is 4.79 Å². The van der Waals surface area contributed by atoms with Crippen LogP contribution in [0.5, 0.6) is 0 Å². The second-order valence-corrected chi connectivity index (χ2v) is 5.69. The predicted octanol–water partition coefficient (Wildman–Crippen LogP) is 1.56. The van der Waals surface area contributed by atoms with Crippen molar-refractivity contribution in [1.82, 2.24) is 10.2 Å². The minimum absolute atomic E-state index is 0.0682. The second kappa shape index (κ2) is 5.53. The van der Waals surface area contributed by atoms with Gasteiger partial charge in [0.05, 0.1) is 0 Å². The summed E-state index contributed by atoms with van der Waals surface area (Å²) in [6, 6.07) is 0.0682. The molecule has 16 heavy (non-hydrogen) atoms. The third-order valence-electron chi connectivity index (χ3n) is 2.96. The highest BCUT2D eigenvalue weighted by molar-refractivity contribution is 5.75. The lowest BCUT2D eigenvalue weighted by Gasteiger charge is -2.34. The largest absolute Gasteiger partial charge is 0.333 e. The van der Waals surface area contributed by atoms with Gasteiger partial charge in [-0.05, 0) is 52.5 Å². The molecule has 2 amide bonds. The minimum atomic E-state index is -0.148. The molecule has 0 aliphatic carbocycles. The standard InChI is InChI=1S/C12H25N3O/c1-12(2,3)14-11(16)15-8-5-10(4-7-13)6-9-15/h10H,4-9,13H2,1-3H3,(H,14,16). The van der Waals surface area contributed by atoms with Gasteiger partial charge in [-0.25, -0.2) is 4.79 Å². The van der Waals surface area contributed by atoms with Crippen molar-refractivity contribution in [2.24, 2.45) is 11.7 Å². The van der Waals surface area contributed by atoms with Crippen LogP contribution in [0.15, 0.2) is 0 Å². The monoisotopic (exact) mass is 227 g/mol. The topological polar surface area (TPSA) is 58.4 Å². The van der Waals surface area contributed by atoms with Crippen molar-refractivity contribution < 1.29 is 4.79 Å². The second-order valence-electron chi connectivity index (χ2n) is 5.69. The summed E-state index contributed by atoms with van der Waals surface area (Å²) in [4.78, 5) is 13.8. The van der Waals surface area contributed by atoms with E-state index in [1.54, 1.807) is 0 Å². The van der Waals surface area contributed by atoms with Gasteiger partial charge < -0.3 is 16.0 Å². The van der Waals surface area contributed by atoms with Gasteiger partial charge in [0, 0.05) is 18.6 Å². The Labute approximate surface area is 98.6 Å². The molecule has 0 bridgehead atoms. The Kier molecular flexibility index (Phi) is 4.59. The summed E-state index contributed by atoms with van der Waals surface area (Å²) in [7, 11) is 0. The Balaban J connectivity index is 2.33. The van der Waals surface area contributed by atoms with Crippen LogP contribution < -0.4 is 11.1 Å². The number of amides is 2. The fourth-order valence-corrected chi connectivity index (χ4v) is 2.06. The van der Waals surface area contributed by atoms with Gasteiger partial charge in [-0.2, -0.15) is 0 Å². The summed E-state index contributed by atoms with van der Waals surface area (Å²) >= 11 is 0. The molecular weight excluding hydrogens is 202 g/mol. The van der Waals surface area contributed by atoms with E-state index in [-0.39, 0.29) is 11.6 Å². The van der Waals surface area contributed by atoms with E-state index in [0.717, 1.165) is 38.9 Å². The lowest BCUT2D eigenvalue weighted by atomic mass is 9.94. The van der Waals surface area contributed by atoms with Crippen molar-refractivity contribution in [2.75, 3.05) is 19.6 Å². The van der Waals surface area contributed by atoms with Crippen molar-refractivity contribution in [3.8, 4) is 0 Å². The first-order chi connectivity index (χ1) is 7.42. The van der Waals surface area contributed by atoms with Crippen LogP contribution in [-0.2, 0) is 0 Å². The van der Waals surface area contributed by atoms with Crippen molar-refractivity contribution in [1.29, 1.82) is 0 Å². The number of nitrogens with zero attached hydrogens (tertiary/aromatic N) is 1. The molecule has 4 heteroatoms. The maximum Gasteiger partial charge on any atom is 0.317 e. The number of carbonyl (C=O) groups excluding carboxylic acids is 1. The molecule has 4 nitrogen and oxygen atoms in total. The third kappa shape index (κ3) is 4.39. The Bertz CT molecular complexity index is 227. The lowest BCUT2D eigenvalue weighted by Crippen LogP contribution is -2.50. The Morgan fingerprint density at radius 3 is 2.38 bits per heavy atom. The van der Waals surface area contributed by atoms with Crippen LogP contribution in [0.2, 0.25) is 0 Å². The van der Waals surface area contributed by atoms with E-state index < -0.39 is 0 Å². The number of rotatable bonds is 2. The highest BCUT2D eigenvalue weighted by Gasteiger charge is 2.24. The maximum absolute atomic E-state index is 11.9. The first kappa shape index (κ1) is 13.3. The molecular formula is C12H25N3O. The predicted molar refractivity (Wildman–Crippen MR) is 66.3 cm³/mol. The molecule has 1 aliphatic rings. The molecule has 0 aromatic carbocycles. The number of piperidine rings is 1. The number of hydrogen-bond donors (Lipinski definition) is 2. The number of hydrogen-bond acceptors (Lipinski definition) is 2. The molecule has 0 aromatic heterocycles. The van der Waals surface area contributed by atoms with Crippen LogP contribution in [-0.4, -0.2) is 36.1 Å². The maximum atomic E-state index is 11.9. The zero-order valence-electron chi connectivity index (χ0n) is 10.8. The summed E-state index contributed by atoms with van der Waals surface area (Å²) in [5.41, 5.74) is 5.40. The summed E-state index contributed by atoms with van der Waals surface area (Å²) in [6.45, 7) is 8.52. The molecule has 94 valence electrons. The number of carbonyl (C=O) groups is 1. The Hall–Kier alpha value is -0.770. The number of likely N-dealkylation sites (tertiary alicyclic amines) is 1. The Morgan fingerprint density at radius 1 is 1.38 bits per heavy atom. The van der Waals surface area contributed by atoms with Gasteiger partial charge in [-0.1, -0.05) is 0 Å². The fourth-order valence-electron chi connectivity index (χ4n) is 2.06. The molecule has 1 saturated heterocycles. The van der Waals surface area contributed by atoms with Gasteiger partial charge in [0.15, 0.2) is 0 Å². The molecule has 0 unspecified atom stereocenters. The summed E-state index contributed by atoms with van der Waals surface area (Å²) in [5, 5.41) is 3.00. The van der Waals surface area contributed by atoms with Crippen molar-refractivity contribution in [3.05, 3.63) is 0 Å². The van der Waals surface area contributed by atoms with Gasteiger partial charge in [-0.3, -0.25) is 0 Å². The van der Waals surface area contributed by atoms with E-state index >= 15 is 0 Å². The van der Waals surface area contributed by atoms with E-state index in [1.807, 2.05) is 25.7 Å². The van der Waals surface area contributed by atoms with E-state index in [4.69, 9.17) is 5.73 Å². The van der Waals surface area contributed by atoms with Crippen molar-refractivity contribution >= 4 is 6.03 Å². The number of nitrogens with one attached hydrogen (secondary N) is 1. The van der Waals surface area contributed by atoms with Gasteiger partial charge in [0.1, 0.15) is 0 Å². The third-order valence-corrected chi connectivity index (χ3v) is 2.96. The molecule has 1 heterocycles. The molecule has 1 rings (SSSR count). The van der Waals surface area contributed by atoms with Gasteiger partial charge >= 0.3 is 6.03 Å². The minimum Gasteiger partial charge on any atom is -0.333 e. The highest BCUT2D eigenvalue weighted by atomic mass is 16.2. The quantitative estimate of drug-likeness (QED) is 0.752. The lowest BCUT2D eigenvalue weighted by molar-refractivity contribution is 0.161. The van der Waals surface area contributed by atoms with Crippen LogP contribution >= 0.6 is 0 Å². The van der Waals surface area contributed by atoms with Crippen LogP contribution in [0.25, 0.3) is 0 Å². The summed E-state index contributed by atoms with van der Waals surface area (Å²) < 4.78 is 0. The first-order valence-corrected chi connectivity index (χ1v) is 6.19. The SMILES string of the molecule is CC(C)(C)NC(=O)N1CCC(CCN)CC1. The average molecular weight is 227 g/mol. The van der Waals surface area contributed by atoms with Crippen LogP contribution in [0, 0.1) is 5.92 Å². The molecule has 1 fully saturated rings. The van der Waals surface area contributed by atoms with Gasteiger partial charge in [0.25, 0.3) is 0 Å². The zero-order chi connectivity index (χ0) is 12.2. The van der Waals surface area contributed by atoms with Gasteiger partial charge in [-0.15, -0.1) is 0 Å². The normalized spacial score (nSPS) is 18.6. The summed E-state index contributed by atoms with van der Waals surface area (Å²) in [6.07, 6.45) is 3.28. The Morgan fingerprint density at radius 2 is 1.94 bits per heavy atom. The average Bonchev–Trinajstić information content (AvgIpc) is 2.16. The van der Waals surface area contributed by atoms with Crippen molar-refractivity contribution in [3.63, 3.8) is 0 Å². The number of urea groups is 1. The van der Waals surface area contributed by atoms with Crippen molar-refractivity contribution in [2.45, 2.75) is 45.6 Å². The molecule has 0 radical (unpaired) electrons. The van der Waals surface area contributed by atoms with Gasteiger partial charge in [0.2, 0.25) is 0 Å².